The number of rotatable bonds is 4. The summed E-state index contributed by atoms with van der Waals surface area (Å²) in [6.07, 6.45) is 2.91. The molecule has 1 aliphatic heterocycles. The summed E-state index contributed by atoms with van der Waals surface area (Å²) in [6.45, 7) is 2.40. The van der Waals surface area contributed by atoms with Crippen LogP contribution in [-0.2, 0) is 4.79 Å². The molecule has 124 valence electrons. The average molecular weight is 324 g/mol. The smallest absolute Gasteiger partial charge is 0.255 e. The summed E-state index contributed by atoms with van der Waals surface area (Å²) in [5.74, 6) is 0.393. The molecule has 1 saturated carbocycles. The Labute approximate surface area is 140 Å². The number of likely N-dealkylation sites (tertiary alicyclic amines) is 1. The number of hydrogen-bond acceptors (Lipinski definition) is 3. The van der Waals surface area contributed by atoms with Gasteiger partial charge in [0.05, 0.1) is 17.8 Å². The molecule has 1 aromatic carbocycles. The van der Waals surface area contributed by atoms with Crippen LogP contribution in [0.2, 0.25) is 0 Å². The van der Waals surface area contributed by atoms with Crippen LogP contribution in [0, 0.1) is 6.92 Å². The minimum Gasteiger partial charge on any atom is -0.347 e. The number of hydrogen-bond donors (Lipinski definition) is 2. The highest BCUT2D eigenvalue weighted by atomic mass is 16.2. The molecule has 0 radical (unpaired) electrons. The van der Waals surface area contributed by atoms with E-state index in [-0.39, 0.29) is 23.9 Å². The van der Waals surface area contributed by atoms with E-state index in [2.05, 4.69) is 27.6 Å². The third kappa shape index (κ3) is 2.68. The van der Waals surface area contributed by atoms with Crippen molar-refractivity contribution in [3.63, 3.8) is 0 Å². The van der Waals surface area contributed by atoms with Crippen molar-refractivity contribution in [2.45, 2.75) is 37.8 Å². The second kappa shape index (κ2) is 5.78. The summed E-state index contributed by atoms with van der Waals surface area (Å²) >= 11 is 0. The van der Waals surface area contributed by atoms with E-state index in [4.69, 9.17) is 0 Å². The summed E-state index contributed by atoms with van der Waals surface area (Å²) in [7, 11) is 0. The monoisotopic (exact) mass is 324 g/mol. The molecular weight excluding hydrogens is 304 g/mol. The molecule has 4 rings (SSSR count). The Morgan fingerprint density at radius 3 is 2.83 bits per heavy atom. The largest absolute Gasteiger partial charge is 0.347 e. The first-order valence-corrected chi connectivity index (χ1v) is 8.28. The van der Waals surface area contributed by atoms with E-state index >= 15 is 0 Å². The molecule has 2 fully saturated rings. The number of benzene rings is 1. The maximum absolute atomic E-state index is 12.3. The number of carbonyl (C=O) groups is 2. The van der Waals surface area contributed by atoms with Crippen LogP contribution in [0.4, 0.5) is 0 Å². The van der Waals surface area contributed by atoms with Gasteiger partial charge in [-0.2, -0.15) is 5.10 Å². The van der Waals surface area contributed by atoms with Crippen LogP contribution < -0.4 is 5.32 Å². The highest BCUT2D eigenvalue weighted by Crippen LogP contribution is 2.45. The van der Waals surface area contributed by atoms with Gasteiger partial charge in [0.2, 0.25) is 5.91 Å². The molecule has 2 aromatic rings. The van der Waals surface area contributed by atoms with Crippen molar-refractivity contribution in [2.75, 3.05) is 6.54 Å². The second-order valence-electron chi connectivity index (χ2n) is 6.65. The third-order valence-electron chi connectivity index (χ3n) is 4.95. The fourth-order valence-corrected chi connectivity index (χ4v) is 3.58. The van der Waals surface area contributed by atoms with E-state index in [1.54, 1.807) is 0 Å². The lowest BCUT2D eigenvalue weighted by Gasteiger charge is -2.17. The van der Waals surface area contributed by atoms with Gasteiger partial charge in [0.1, 0.15) is 0 Å². The Bertz CT molecular complexity index is 770. The van der Waals surface area contributed by atoms with E-state index in [0.717, 1.165) is 12.1 Å². The molecule has 0 spiro atoms. The van der Waals surface area contributed by atoms with Gasteiger partial charge in [-0.25, -0.2) is 0 Å². The molecule has 2 N–H and O–H groups in total. The van der Waals surface area contributed by atoms with Crippen molar-refractivity contribution in [2.24, 2.45) is 0 Å². The molecule has 2 aliphatic rings. The molecule has 6 nitrogen and oxygen atoms in total. The minimum absolute atomic E-state index is 0.128. The molecule has 1 saturated heterocycles. The van der Waals surface area contributed by atoms with E-state index < -0.39 is 0 Å². The predicted molar refractivity (Wildman–Crippen MR) is 88.5 cm³/mol. The van der Waals surface area contributed by atoms with Crippen LogP contribution in [0.1, 0.15) is 40.4 Å². The topological polar surface area (TPSA) is 78.1 Å². The van der Waals surface area contributed by atoms with Crippen LogP contribution in [0.15, 0.2) is 36.5 Å². The number of aromatic amines is 1. The Kier molecular flexibility index (Phi) is 3.59. The first-order valence-electron chi connectivity index (χ1n) is 8.28. The second-order valence-corrected chi connectivity index (χ2v) is 6.65. The minimum atomic E-state index is -0.170. The van der Waals surface area contributed by atoms with Gasteiger partial charge >= 0.3 is 0 Å². The molecule has 3 atom stereocenters. The van der Waals surface area contributed by atoms with Crippen molar-refractivity contribution in [3.8, 4) is 0 Å². The van der Waals surface area contributed by atoms with Gasteiger partial charge in [-0.05, 0) is 18.9 Å². The summed E-state index contributed by atoms with van der Waals surface area (Å²) in [5.41, 5.74) is 2.56. The number of carbonyl (C=O) groups excluding carboxylic acids is 2. The zero-order valence-electron chi connectivity index (χ0n) is 13.5. The first kappa shape index (κ1) is 14.9. The fraction of sp³-hybridized carbons (Fsp3) is 0.389. The van der Waals surface area contributed by atoms with Gasteiger partial charge in [0.25, 0.3) is 5.91 Å². The molecule has 2 amide bonds. The van der Waals surface area contributed by atoms with Crippen molar-refractivity contribution < 1.29 is 9.59 Å². The molecule has 6 heteroatoms. The number of aromatic nitrogens is 2. The van der Waals surface area contributed by atoms with Crippen LogP contribution in [0.5, 0.6) is 0 Å². The maximum atomic E-state index is 12.3. The normalized spacial score (nSPS) is 25.8. The van der Waals surface area contributed by atoms with Crippen LogP contribution in [0.3, 0.4) is 0 Å². The van der Waals surface area contributed by atoms with Gasteiger partial charge in [-0.1, -0.05) is 30.3 Å². The SMILES string of the molecule is Cc1[nH]ncc1C(=O)N[C@@H]1CC(=O)N([C@@H]2C[C@@H]2c2ccccc2)C1. The van der Waals surface area contributed by atoms with Gasteiger partial charge in [0.15, 0.2) is 0 Å². The summed E-state index contributed by atoms with van der Waals surface area (Å²) < 4.78 is 0. The number of amides is 2. The molecule has 24 heavy (non-hydrogen) atoms. The Morgan fingerprint density at radius 2 is 2.12 bits per heavy atom. The average Bonchev–Trinajstić information content (AvgIpc) is 3.12. The lowest BCUT2D eigenvalue weighted by Crippen LogP contribution is -2.38. The first-order chi connectivity index (χ1) is 11.6. The maximum Gasteiger partial charge on any atom is 0.255 e. The zero-order valence-corrected chi connectivity index (χ0v) is 13.5. The Morgan fingerprint density at radius 1 is 1.33 bits per heavy atom. The van der Waals surface area contributed by atoms with Crippen LogP contribution in [-0.4, -0.2) is 45.5 Å². The molecule has 0 unspecified atom stereocenters. The Hall–Kier alpha value is -2.63. The number of nitrogens with zero attached hydrogens (tertiary/aromatic N) is 2. The number of nitrogens with one attached hydrogen (secondary N) is 2. The van der Waals surface area contributed by atoms with Gasteiger partial charge < -0.3 is 10.2 Å². The Balaban J connectivity index is 1.38. The predicted octanol–water partition coefficient (Wildman–Crippen LogP) is 1.60. The third-order valence-corrected chi connectivity index (χ3v) is 4.95. The van der Waals surface area contributed by atoms with Crippen molar-refractivity contribution >= 4 is 11.8 Å². The van der Waals surface area contributed by atoms with Crippen molar-refractivity contribution in [3.05, 3.63) is 53.3 Å². The van der Waals surface area contributed by atoms with E-state index in [1.165, 1.54) is 11.8 Å². The molecular formula is C18H20N4O2. The summed E-state index contributed by atoms with van der Waals surface area (Å²) in [5, 5.41) is 9.58. The van der Waals surface area contributed by atoms with Gasteiger partial charge in [-0.3, -0.25) is 14.7 Å². The molecule has 1 aromatic heterocycles. The number of aryl methyl sites for hydroxylation is 1. The van der Waals surface area contributed by atoms with E-state index in [1.807, 2.05) is 30.0 Å². The molecule has 0 bridgehead atoms. The van der Waals surface area contributed by atoms with Crippen molar-refractivity contribution in [1.29, 1.82) is 0 Å². The zero-order chi connectivity index (χ0) is 16.7. The van der Waals surface area contributed by atoms with Gasteiger partial charge in [0, 0.05) is 30.6 Å². The fourth-order valence-electron chi connectivity index (χ4n) is 3.58. The van der Waals surface area contributed by atoms with Gasteiger partial charge in [-0.15, -0.1) is 0 Å². The van der Waals surface area contributed by atoms with Crippen LogP contribution in [0.25, 0.3) is 0 Å². The lowest BCUT2D eigenvalue weighted by molar-refractivity contribution is -0.128. The molecule has 2 heterocycles. The quantitative estimate of drug-likeness (QED) is 0.897. The standard InChI is InChI=1S/C18H20N4O2/c1-11-15(9-19-21-11)18(24)20-13-7-17(23)22(10-13)16-8-14(16)12-5-3-2-4-6-12/h2-6,9,13-14,16H,7-8,10H2,1H3,(H,19,21)(H,20,24)/t13-,14-,16-/m1/s1. The number of H-pyrrole nitrogens is 1. The molecule has 1 aliphatic carbocycles. The van der Waals surface area contributed by atoms with Crippen molar-refractivity contribution in [1.82, 2.24) is 20.4 Å². The van der Waals surface area contributed by atoms with Crippen LogP contribution >= 0.6 is 0 Å². The van der Waals surface area contributed by atoms with E-state index in [9.17, 15) is 9.59 Å². The highest BCUT2D eigenvalue weighted by Gasteiger charge is 2.48. The summed E-state index contributed by atoms with van der Waals surface area (Å²) in [6, 6.07) is 10.5. The highest BCUT2D eigenvalue weighted by molar-refractivity contribution is 5.95. The summed E-state index contributed by atoms with van der Waals surface area (Å²) in [4.78, 5) is 26.5. The lowest BCUT2D eigenvalue weighted by atomic mass is 10.1. The van der Waals surface area contributed by atoms with E-state index in [0.29, 0.717) is 24.4 Å².